The highest BCUT2D eigenvalue weighted by atomic mass is 16.1. The molecule has 0 aliphatic heterocycles. The molecule has 0 aliphatic carbocycles. The zero-order valence-electron chi connectivity index (χ0n) is 8.82. The van der Waals surface area contributed by atoms with E-state index in [1.165, 1.54) is 0 Å². The maximum atomic E-state index is 11.9. The second-order valence-corrected chi connectivity index (χ2v) is 3.51. The Morgan fingerprint density at radius 3 is 2.93 bits per heavy atom. The number of nitrogen functional groups attached to an aromatic ring is 1. The molecule has 0 radical (unpaired) electrons. The molecule has 2 aromatic heterocycles. The second-order valence-electron chi connectivity index (χ2n) is 3.51. The van der Waals surface area contributed by atoms with Crippen LogP contribution in [0.2, 0.25) is 0 Å². The Labute approximate surface area is 87.4 Å². The summed E-state index contributed by atoms with van der Waals surface area (Å²) in [6.07, 6.45) is 2.55. The van der Waals surface area contributed by atoms with Crippen molar-refractivity contribution in [3.8, 4) is 0 Å². The monoisotopic (exact) mass is 203 g/mol. The van der Waals surface area contributed by atoms with E-state index >= 15 is 0 Å². The van der Waals surface area contributed by atoms with Crippen LogP contribution in [0.25, 0.3) is 5.65 Å². The lowest BCUT2D eigenvalue weighted by molar-refractivity contribution is 0.989. The van der Waals surface area contributed by atoms with Crippen LogP contribution in [0.15, 0.2) is 23.1 Å². The molecule has 0 spiro atoms. The molecule has 0 bridgehead atoms. The zero-order chi connectivity index (χ0) is 11.0. The number of nitrogens with two attached hydrogens (primary N) is 1. The number of aromatic nitrogens is 2. The van der Waals surface area contributed by atoms with Gasteiger partial charge in [0.1, 0.15) is 11.5 Å². The Morgan fingerprint density at radius 1 is 1.53 bits per heavy atom. The molecule has 0 saturated carbocycles. The van der Waals surface area contributed by atoms with Crippen molar-refractivity contribution in [3.05, 3.63) is 39.8 Å². The number of rotatable bonds is 1. The normalized spacial score (nSPS) is 10.8. The lowest BCUT2D eigenvalue weighted by Gasteiger charge is -2.07. The molecule has 2 N–H and O–H groups in total. The van der Waals surface area contributed by atoms with Crippen LogP contribution < -0.4 is 11.3 Å². The first kappa shape index (κ1) is 9.71. The number of hydrogen-bond acceptors (Lipinski definition) is 3. The average Bonchev–Trinajstić information content (AvgIpc) is 2.25. The van der Waals surface area contributed by atoms with Gasteiger partial charge >= 0.3 is 0 Å². The predicted molar refractivity (Wildman–Crippen MR) is 60.0 cm³/mol. The van der Waals surface area contributed by atoms with Gasteiger partial charge in [-0.05, 0) is 25.0 Å². The van der Waals surface area contributed by atoms with Crippen LogP contribution in [0.3, 0.4) is 0 Å². The lowest BCUT2D eigenvalue weighted by Crippen LogP contribution is -2.20. The van der Waals surface area contributed by atoms with Crippen LogP contribution in [-0.4, -0.2) is 9.38 Å². The van der Waals surface area contributed by atoms with Crippen LogP contribution in [-0.2, 0) is 6.42 Å². The summed E-state index contributed by atoms with van der Waals surface area (Å²) in [6, 6.07) is 3.81. The van der Waals surface area contributed by atoms with Gasteiger partial charge in [0, 0.05) is 6.20 Å². The molecule has 0 saturated heterocycles. The molecule has 2 aromatic rings. The van der Waals surface area contributed by atoms with Crippen molar-refractivity contribution in [2.24, 2.45) is 0 Å². The molecule has 4 heteroatoms. The van der Waals surface area contributed by atoms with Crippen LogP contribution in [0.5, 0.6) is 0 Å². The quantitative estimate of drug-likeness (QED) is 0.756. The summed E-state index contributed by atoms with van der Waals surface area (Å²) in [6.45, 7) is 3.72. The molecule has 0 amide bonds. The fourth-order valence-corrected chi connectivity index (χ4v) is 1.60. The fraction of sp³-hybridized carbons (Fsp3) is 0.273. The van der Waals surface area contributed by atoms with Crippen molar-refractivity contribution in [2.75, 3.05) is 5.73 Å². The molecule has 4 nitrogen and oxygen atoms in total. The minimum absolute atomic E-state index is 0.0900. The van der Waals surface area contributed by atoms with Gasteiger partial charge in [0.05, 0.1) is 5.56 Å². The van der Waals surface area contributed by atoms with Gasteiger partial charge < -0.3 is 5.73 Å². The third-order valence-electron chi connectivity index (χ3n) is 2.58. The van der Waals surface area contributed by atoms with Crippen LogP contribution >= 0.6 is 0 Å². The maximum Gasteiger partial charge on any atom is 0.262 e. The average molecular weight is 203 g/mol. The van der Waals surface area contributed by atoms with Crippen molar-refractivity contribution in [1.82, 2.24) is 9.38 Å². The van der Waals surface area contributed by atoms with Gasteiger partial charge in [0.25, 0.3) is 5.56 Å². The van der Waals surface area contributed by atoms with Gasteiger partial charge in [-0.2, -0.15) is 0 Å². The highest BCUT2D eigenvalue weighted by Gasteiger charge is 2.07. The number of pyridine rings is 1. The smallest absolute Gasteiger partial charge is 0.262 e. The molecule has 15 heavy (non-hydrogen) atoms. The fourth-order valence-electron chi connectivity index (χ4n) is 1.60. The number of fused-ring (bicyclic) bond motifs is 1. The largest absolute Gasteiger partial charge is 0.383 e. The van der Waals surface area contributed by atoms with Crippen molar-refractivity contribution in [1.29, 1.82) is 0 Å². The third-order valence-corrected chi connectivity index (χ3v) is 2.58. The van der Waals surface area contributed by atoms with Gasteiger partial charge in [-0.25, -0.2) is 4.98 Å². The molecule has 0 aromatic carbocycles. The number of aryl methyl sites for hydroxylation is 1. The van der Waals surface area contributed by atoms with Crippen LogP contribution in [0.1, 0.15) is 18.1 Å². The van der Waals surface area contributed by atoms with Gasteiger partial charge in [-0.15, -0.1) is 0 Å². The molecular weight excluding hydrogens is 190 g/mol. The minimum Gasteiger partial charge on any atom is -0.383 e. The SMILES string of the molecule is CCc1cccn2c(=O)c(C)c(N)nc12. The summed E-state index contributed by atoms with van der Waals surface area (Å²) < 4.78 is 1.55. The van der Waals surface area contributed by atoms with Gasteiger partial charge in [-0.3, -0.25) is 9.20 Å². The lowest BCUT2D eigenvalue weighted by atomic mass is 10.2. The van der Waals surface area contributed by atoms with Gasteiger partial charge in [0.15, 0.2) is 0 Å². The molecule has 78 valence electrons. The Hall–Kier alpha value is -1.84. The molecule has 2 rings (SSSR count). The van der Waals surface area contributed by atoms with Gasteiger partial charge in [0.2, 0.25) is 0 Å². The highest BCUT2D eigenvalue weighted by molar-refractivity contribution is 5.53. The molecular formula is C11H13N3O. The predicted octanol–water partition coefficient (Wildman–Crippen LogP) is 1.15. The van der Waals surface area contributed by atoms with E-state index in [0.29, 0.717) is 17.0 Å². The van der Waals surface area contributed by atoms with Crippen molar-refractivity contribution < 1.29 is 0 Å². The minimum atomic E-state index is -0.0900. The van der Waals surface area contributed by atoms with E-state index in [1.54, 1.807) is 17.5 Å². The van der Waals surface area contributed by atoms with Crippen molar-refractivity contribution in [2.45, 2.75) is 20.3 Å². The van der Waals surface area contributed by atoms with E-state index in [1.807, 2.05) is 19.1 Å². The molecule has 0 fully saturated rings. The number of nitrogens with zero attached hydrogens (tertiary/aromatic N) is 2. The zero-order valence-corrected chi connectivity index (χ0v) is 8.82. The first-order chi connectivity index (χ1) is 7.15. The highest BCUT2D eigenvalue weighted by Crippen LogP contribution is 2.10. The molecule has 0 atom stereocenters. The van der Waals surface area contributed by atoms with Crippen molar-refractivity contribution >= 4 is 11.5 Å². The van der Waals surface area contributed by atoms with E-state index in [2.05, 4.69) is 4.98 Å². The van der Waals surface area contributed by atoms with E-state index in [9.17, 15) is 4.79 Å². The summed E-state index contributed by atoms with van der Waals surface area (Å²) in [5, 5.41) is 0. The Morgan fingerprint density at radius 2 is 2.27 bits per heavy atom. The van der Waals surface area contributed by atoms with Crippen LogP contribution in [0, 0.1) is 6.92 Å². The third kappa shape index (κ3) is 1.38. The van der Waals surface area contributed by atoms with E-state index in [-0.39, 0.29) is 5.56 Å². The summed E-state index contributed by atoms with van der Waals surface area (Å²) in [5.41, 5.74) is 7.79. The summed E-state index contributed by atoms with van der Waals surface area (Å²) in [7, 11) is 0. The number of anilines is 1. The van der Waals surface area contributed by atoms with Crippen LogP contribution in [0.4, 0.5) is 5.82 Å². The van der Waals surface area contributed by atoms with Gasteiger partial charge in [-0.1, -0.05) is 13.0 Å². The van der Waals surface area contributed by atoms with E-state index < -0.39 is 0 Å². The Bertz CT molecular complexity index is 572. The maximum absolute atomic E-state index is 11.9. The summed E-state index contributed by atoms with van der Waals surface area (Å²) >= 11 is 0. The topological polar surface area (TPSA) is 60.4 Å². The Kier molecular flexibility index (Phi) is 2.19. The summed E-state index contributed by atoms with van der Waals surface area (Å²) in [4.78, 5) is 16.1. The number of hydrogen-bond donors (Lipinski definition) is 1. The molecule has 0 unspecified atom stereocenters. The molecule has 0 aliphatic rings. The van der Waals surface area contributed by atoms with E-state index in [4.69, 9.17) is 5.73 Å². The second kappa shape index (κ2) is 3.38. The summed E-state index contributed by atoms with van der Waals surface area (Å²) in [5.74, 6) is 0.320. The Balaban J connectivity index is 2.98. The standard InChI is InChI=1S/C11H13N3O/c1-3-8-5-4-6-14-10(8)13-9(12)7(2)11(14)15/h4-6H,3,12H2,1-2H3. The first-order valence-corrected chi connectivity index (χ1v) is 4.91. The first-order valence-electron chi connectivity index (χ1n) is 4.91. The van der Waals surface area contributed by atoms with E-state index in [0.717, 1.165) is 12.0 Å². The molecule has 2 heterocycles. The van der Waals surface area contributed by atoms with Crippen molar-refractivity contribution in [3.63, 3.8) is 0 Å².